The molecule has 0 spiro atoms. The second kappa shape index (κ2) is 6.72. The molecule has 2 amide bonds. The molecule has 0 unspecified atom stereocenters. The largest absolute Gasteiger partial charge is 0.368 e. The lowest BCUT2D eigenvalue weighted by molar-refractivity contribution is -0.141. The van der Waals surface area contributed by atoms with E-state index in [1.54, 1.807) is 7.05 Å². The van der Waals surface area contributed by atoms with Crippen molar-refractivity contribution in [2.75, 3.05) is 25.5 Å². The number of carbonyl (C=O) groups excluding carboxylic acids is 2. The van der Waals surface area contributed by atoms with Crippen molar-refractivity contribution >= 4 is 17.5 Å². The van der Waals surface area contributed by atoms with Gasteiger partial charge in [0.2, 0.25) is 5.91 Å². The molecule has 1 aliphatic rings. The van der Waals surface area contributed by atoms with E-state index in [0.717, 1.165) is 29.7 Å². The highest BCUT2D eigenvalue weighted by Crippen LogP contribution is 2.17. The quantitative estimate of drug-likeness (QED) is 0.921. The van der Waals surface area contributed by atoms with Crippen LogP contribution in [-0.4, -0.2) is 43.0 Å². The van der Waals surface area contributed by atoms with Crippen LogP contribution in [0.15, 0.2) is 18.2 Å². The molecule has 0 aliphatic carbocycles. The molecule has 1 aromatic carbocycles. The third-order valence-corrected chi connectivity index (χ3v) is 3.63. The summed E-state index contributed by atoms with van der Waals surface area (Å²) in [7, 11) is 1.63. The Bertz CT molecular complexity index is 536. The fraction of sp³-hybridized carbons (Fsp3) is 0.500. The number of hydrogen-bond acceptors (Lipinski definition) is 3. The van der Waals surface area contributed by atoms with Crippen LogP contribution in [0.25, 0.3) is 0 Å². The summed E-state index contributed by atoms with van der Waals surface area (Å²) in [5.41, 5.74) is 2.87. The summed E-state index contributed by atoms with van der Waals surface area (Å²) >= 11 is 0. The fourth-order valence-corrected chi connectivity index (χ4v) is 2.37. The van der Waals surface area contributed by atoms with Crippen LogP contribution in [0.1, 0.15) is 24.0 Å². The summed E-state index contributed by atoms with van der Waals surface area (Å²) in [5, 5.41) is 2.85. The minimum atomic E-state index is -0.386. The lowest BCUT2D eigenvalue weighted by Crippen LogP contribution is -2.40. The number of carbonyl (C=O) groups is 2. The molecule has 1 N–H and O–H groups in total. The van der Waals surface area contributed by atoms with Crippen LogP contribution in [0.4, 0.5) is 5.69 Å². The van der Waals surface area contributed by atoms with Gasteiger partial charge >= 0.3 is 0 Å². The van der Waals surface area contributed by atoms with Gasteiger partial charge < -0.3 is 15.0 Å². The number of benzene rings is 1. The van der Waals surface area contributed by atoms with Gasteiger partial charge in [-0.1, -0.05) is 12.1 Å². The van der Waals surface area contributed by atoms with Crippen molar-refractivity contribution in [1.82, 2.24) is 4.90 Å². The van der Waals surface area contributed by atoms with Crippen LogP contribution in [0, 0.1) is 13.8 Å². The van der Waals surface area contributed by atoms with Crippen molar-refractivity contribution in [3.05, 3.63) is 29.3 Å². The Labute approximate surface area is 125 Å². The lowest BCUT2D eigenvalue weighted by atomic mass is 10.1. The van der Waals surface area contributed by atoms with Gasteiger partial charge in [-0.25, -0.2) is 0 Å². The maximum Gasteiger partial charge on any atom is 0.251 e. The highest BCUT2D eigenvalue weighted by molar-refractivity contribution is 5.95. The molecule has 1 aliphatic heterocycles. The van der Waals surface area contributed by atoms with Gasteiger partial charge in [-0.2, -0.15) is 0 Å². The minimum absolute atomic E-state index is 0.0338. The predicted molar refractivity (Wildman–Crippen MR) is 81.2 cm³/mol. The molecule has 0 bridgehead atoms. The van der Waals surface area contributed by atoms with E-state index < -0.39 is 0 Å². The van der Waals surface area contributed by atoms with E-state index >= 15 is 0 Å². The van der Waals surface area contributed by atoms with Crippen molar-refractivity contribution < 1.29 is 14.3 Å². The summed E-state index contributed by atoms with van der Waals surface area (Å²) in [5.74, 6) is -0.318. The molecule has 0 saturated carbocycles. The zero-order chi connectivity index (χ0) is 15.4. The zero-order valence-electron chi connectivity index (χ0n) is 12.8. The highest BCUT2D eigenvalue weighted by atomic mass is 16.5. The Morgan fingerprint density at radius 3 is 2.81 bits per heavy atom. The van der Waals surface area contributed by atoms with Crippen LogP contribution in [-0.2, 0) is 14.3 Å². The molecule has 1 fully saturated rings. The number of rotatable bonds is 4. The van der Waals surface area contributed by atoms with Gasteiger partial charge in [0.05, 0.1) is 6.54 Å². The van der Waals surface area contributed by atoms with E-state index in [2.05, 4.69) is 5.32 Å². The number of nitrogens with one attached hydrogen (secondary N) is 1. The second-order valence-corrected chi connectivity index (χ2v) is 5.56. The van der Waals surface area contributed by atoms with Gasteiger partial charge in [0.15, 0.2) is 0 Å². The number of likely N-dealkylation sites (N-methyl/N-ethyl adjacent to an activating group) is 1. The molecule has 1 aromatic rings. The third kappa shape index (κ3) is 4.04. The summed E-state index contributed by atoms with van der Waals surface area (Å²) < 4.78 is 5.35. The molecule has 2 rings (SSSR count). The highest BCUT2D eigenvalue weighted by Gasteiger charge is 2.27. The molecule has 5 nitrogen and oxygen atoms in total. The van der Waals surface area contributed by atoms with Crippen LogP contribution in [0.5, 0.6) is 0 Å². The SMILES string of the molecule is Cc1ccc(C)c(NC(=O)CN(C)C(=O)[C@@H]2CCCO2)c1. The molecule has 114 valence electrons. The van der Waals surface area contributed by atoms with Gasteiger partial charge in [0.25, 0.3) is 5.91 Å². The Balaban J connectivity index is 1.91. The average Bonchev–Trinajstić information content (AvgIpc) is 2.96. The Morgan fingerprint density at radius 1 is 1.38 bits per heavy atom. The maximum atomic E-state index is 12.1. The second-order valence-electron chi connectivity index (χ2n) is 5.56. The van der Waals surface area contributed by atoms with Crippen molar-refractivity contribution in [2.45, 2.75) is 32.8 Å². The molecular formula is C16H22N2O3. The zero-order valence-corrected chi connectivity index (χ0v) is 12.8. The van der Waals surface area contributed by atoms with Crippen molar-refractivity contribution in [1.29, 1.82) is 0 Å². The predicted octanol–water partition coefficient (Wildman–Crippen LogP) is 1.88. The van der Waals surface area contributed by atoms with Crippen LogP contribution in [0.3, 0.4) is 0 Å². The molecular weight excluding hydrogens is 268 g/mol. The maximum absolute atomic E-state index is 12.1. The van der Waals surface area contributed by atoms with E-state index in [-0.39, 0.29) is 24.5 Å². The van der Waals surface area contributed by atoms with E-state index in [0.29, 0.717) is 6.61 Å². The van der Waals surface area contributed by atoms with Crippen molar-refractivity contribution in [3.63, 3.8) is 0 Å². The van der Waals surface area contributed by atoms with Gasteiger partial charge in [-0.15, -0.1) is 0 Å². The Hall–Kier alpha value is -1.88. The third-order valence-electron chi connectivity index (χ3n) is 3.63. The van der Waals surface area contributed by atoms with Crippen molar-refractivity contribution in [2.24, 2.45) is 0 Å². The van der Waals surface area contributed by atoms with E-state index in [1.165, 1.54) is 4.90 Å². The molecule has 1 saturated heterocycles. The number of aryl methyl sites for hydroxylation is 2. The average molecular weight is 290 g/mol. The summed E-state index contributed by atoms with van der Waals surface area (Å²) in [6, 6.07) is 5.89. The Morgan fingerprint density at radius 2 is 2.14 bits per heavy atom. The first-order valence-electron chi connectivity index (χ1n) is 7.21. The Kier molecular flexibility index (Phi) is 4.96. The van der Waals surface area contributed by atoms with Gasteiger partial charge in [-0.05, 0) is 43.9 Å². The molecule has 0 radical (unpaired) electrons. The first-order valence-corrected chi connectivity index (χ1v) is 7.21. The van der Waals surface area contributed by atoms with Crippen molar-refractivity contribution in [3.8, 4) is 0 Å². The van der Waals surface area contributed by atoms with Crippen LogP contribution >= 0.6 is 0 Å². The molecule has 1 atom stereocenters. The lowest BCUT2D eigenvalue weighted by Gasteiger charge is -2.20. The molecule has 1 heterocycles. The normalized spacial score (nSPS) is 17.6. The first kappa shape index (κ1) is 15.5. The summed E-state index contributed by atoms with van der Waals surface area (Å²) in [4.78, 5) is 25.6. The van der Waals surface area contributed by atoms with E-state index in [4.69, 9.17) is 4.74 Å². The van der Waals surface area contributed by atoms with Crippen LogP contribution < -0.4 is 5.32 Å². The molecule has 0 aromatic heterocycles. The number of ether oxygens (including phenoxy) is 1. The van der Waals surface area contributed by atoms with Gasteiger partial charge in [0, 0.05) is 19.3 Å². The first-order chi connectivity index (χ1) is 9.97. The smallest absolute Gasteiger partial charge is 0.251 e. The molecule has 21 heavy (non-hydrogen) atoms. The minimum Gasteiger partial charge on any atom is -0.368 e. The summed E-state index contributed by atoms with van der Waals surface area (Å²) in [6.45, 7) is 4.57. The number of amides is 2. The molecule has 5 heteroatoms. The van der Waals surface area contributed by atoms with Gasteiger partial charge in [-0.3, -0.25) is 9.59 Å². The number of hydrogen-bond donors (Lipinski definition) is 1. The standard InChI is InChI=1S/C16H22N2O3/c1-11-6-7-12(2)13(9-11)17-15(19)10-18(3)16(20)14-5-4-8-21-14/h6-7,9,14H,4-5,8,10H2,1-3H3,(H,17,19)/t14-/m0/s1. The van der Waals surface area contributed by atoms with E-state index in [1.807, 2.05) is 32.0 Å². The number of nitrogens with zero attached hydrogens (tertiary/aromatic N) is 1. The van der Waals surface area contributed by atoms with Gasteiger partial charge in [0.1, 0.15) is 6.10 Å². The van der Waals surface area contributed by atoms with Crippen LogP contribution in [0.2, 0.25) is 0 Å². The summed E-state index contributed by atoms with van der Waals surface area (Å²) in [6.07, 6.45) is 1.25. The topological polar surface area (TPSA) is 58.6 Å². The monoisotopic (exact) mass is 290 g/mol. The fourth-order valence-electron chi connectivity index (χ4n) is 2.37. The van der Waals surface area contributed by atoms with E-state index in [9.17, 15) is 9.59 Å². The number of anilines is 1.